The van der Waals surface area contributed by atoms with Gasteiger partial charge in [0.1, 0.15) is 5.84 Å². The maximum absolute atomic E-state index is 11.8. The third kappa shape index (κ3) is 3.42. The summed E-state index contributed by atoms with van der Waals surface area (Å²) in [5.41, 5.74) is 5.31. The van der Waals surface area contributed by atoms with Crippen LogP contribution in [0.25, 0.3) is 0 Å². The quantitative estimate of drug-likeness (QED) is 0.478. The molecule has 0 atom stereocenters. The van der Waals surface area contributed by atoms with Crippen molar-refractivity contribution >= 4 is 11.9 Å². The first kappa shape index (κ1) is 11.8. The molecule has 5 nitrogen and oxygen atoms in total. The second-order valence-corrected chi connectivity index (χ2v) is 4.32. The lowest BCUT2D eigenvalue weighted by Crippen LogP contribution is -2.51. The van der Waals surface area contributed by atoms with Gasteiger partial charge in [-0.2, -0.15) is 0 Å². The van der Waals surface area contributed by atoms with Crippen LogP contribution in [0.3, 0.4) is 0 Å². The van der Waals surface area contributed by atoms with Gasteiger partial charge < -0.3 is 16.0 Å². The summed E-state index contributed by atoms with van der Waals surface area (Å²) in [5.74, 6) is 0.0208. The summed E-state index contributed by atoms with van der Waals surface area (Å²) < 4.78 is 0. The van der Waals surface area contributed by atoms with Gasteiger partial charge in [0.15, 0.2) is 0 Å². The predicted octanol–water partition coefficient (Wildman–Crippen LogP) is 0.895. The van der Waals surface area contributed by atoms with E-state index in [0.717, 1.165) is 12.8 Å². The van der Waals surface area contributed by atoms with Crippen molar-refractivity contribution < 1.29 is 4.79 Å². The number of urea groups is 1. The molecule has 1 aliphatic rings. The van der Waals surface area contributed by atoms with Crippen molar-refractivity contribution in [2.75, 3.05) is 6.54 Å². The van der Waals surface area contributed by atoms with Gasteiger partial charge in [0.05, 0.1) is 6.54 Å². The number of nitrogens with two attached hydrogens (primary N) is 1. The number of amidine groups is 1. The van der Waals surface area contributed by atoms with E-state index in [1.807, 2.05) is 13.8 Å². The first-order valence-electron chi connectivity index (χ1n) is 5.40. The molecule has 0 radical (unpaired) electrons. The molecule has 1 aliphatic carbocycles. The molecule has 86 valence electrons. The Morgan fingerprint density at radius 3 is 2.53 bits per heavy atom. The Balaban J connectivity index is 2.46. The molecule has 0 bridgehead atoms. The number of nitrogens with one attached hydrogen (secondary N) is 2. The van der Waals surface area contributed by atoms with E-state index >= 15 is 0 Å². The largest absolute Gasteiger partial charge is 0.386 e. The van der Waals surface area contributed by atoms with Gasteiger partial charge in [-0.3, -0.25) is 5.41 Å². The summed E-state index contributed by atoms with van der Waals surface area (Å²) in [7, 11) is 0. The highest BCUT2D eigenvalue weighted by Crippen LogP contribution is 2.18. The van der Waals surface area contributed by atoms with Gasteiger partial charge in [-0.05, 0) is 33.1 Å². The van der Waals surface area contributed by atoms with Crippen LogP contribution < -0.4 is 11.1 Å². The number of hydrogen-bond donors (Lipinski definition) is 3. The average molecular weight is 212 g/mol. The van der Waals surface area contributed by atoms with Crippen LogP contribution in [0.15, 0.2) is 0 Å². The van der Waals surface area contributed by atoms with Crippen molar-refractivity contribution in [2.24, 2.45) is 5.73 Å². The second-order valence-electron chi connectivity index (χ2n) is 4.32. The Morgan fingerprint density at radius 1 is 1.60 bits per heavy atom. The molecule has 0 heterocycles. The van der Waals surface area contributed by atoms with Crippen LogP contribution in [-0.2, 0) is 0 Å². The van der Waals surface area contributed by atoms with Crippen molar-refractivity contribution in [3.8, 4) is 0 Å². The van der Waals surface area contributed by atoms with Gasteiger partial charge in [0.2, 0.25) is 0 Å². The topological polar surface area (TPSA) is 82.2 Å². The molecule has 0 aliphatic heterocycles. The molecule has 0 aromatic rings. The molecule has 4 N–H and O–H groups in total. The fourth-order valence-corrected chi connectivity index (χ4v) is 1.48. The number of carbonyl (C=O) groups is 1. The number of amides is 2. The SMILES string of the molecule is CC(C)N(CC(=N)N)C(=O)NC1CCC1. The van der Waals surface area contributed by atoms with Crippen LogP contribution in [0.4, 0.5) is 4.79 Å². The molecular formula is C10H20N4O. The highest BCUT2D eigenvalue weighted by molar-refractivity contribution is 5.84. The Hall–Kier alpha value is -1.26. The second kappa shape index (κ2) is 5.00. The van der Waals surface area contributed by atoms with Crippen LogP contribution >= 0.6 is 0 Å². The van der Waals surface area contributed by atoms with E-state index in [9.17, 15) is 4.79 Å². The molecule has 5 heteroatoms. The first-order valence-corrected chi connectivity index (χ1v) is 5.40. The molecule has 0 aromatic carbocycles. The molecule has 0 unspecified atom stereocenters. The third-order valence-electron chi connectivity index (χ3n) is 2.66. The number of rotatable bonds is 4. The molecular weight excluding hydrogens is 192 g/mol. The van der Waals surface area contributed by atoms with E-state index in [4.69, 9.17) is 11.1 Å². The zero-order valence-corrected chi connectivity index (χ0v) is 9.42. The van der Waals surface area contributed by atoms with Gasteiger partial charge in [0, 0.05) is 12.1 Å². The van der Waals surface area contributed by atoms with Gasteiger partial charge >= 0.3 is 6.03 Å². The Kier molecular flexibility index (Phi) is 3.94. The highest BCUT2D eigenvalue weighted by atomic mass is 16.2. The smallest absolute Gasteiger partial charge is 0.318 e. The minimum Gasteiger partial charge on any atom is -0.386 e. The summed E-state index contributed by atoms with van der Waals surface area (Å²) in [6.45, 7) is 4.04. The van der Waals surface area contributed by atoms with Crippen molar-refractivity contribution in [3.63, 3.8) is 0 Å². The Bertz CT molecular complexity index is 248. The van der Waals surface area contributed by atoms with Crippen LogP contribution in [-0.4, -0.2) is 35.4 Å². The zero-order chi connectivity index (χ0) is 11.4. The lowest BCUT2D eigenvalue weighted by Gasteiger charge is -2.32. The lowest BCUT2D eigenvalue weighted by molar-refractivity contribution is 0.181. The average Bonchev–Trinajstić information content (AvgIpc) is 2.06. The zero-order valence-electron chi connectivity index (χ0n) is 9.42. The van der Waals surface area contributed by atoms with Crippen LogP contribution in [0.5, 0.6) is 0 Å². The van der Waals surface area contributed by atoms with Gasteiger partial charge in [0.25, 0.3) is 0 Å². The molecule has 1 fully saturated rings. The van der Waals surface area contributed by atoms with E-state index in [-0.39, 0.29) is 24.5 Å². The fraction of sp³-hybridized carbons (Fsp3) is 0.800. The van der Waals surface area contributed by atoms with Crippen LogP contribution in [0.1, 0.15) is 33.1 Å². The third-order valence-corrected chi connectivity index (χ3v) is 2.66. The van der Waals surface area contributed by atoms with E-state index < -0.39 is 0 Å². The monoisotopic (exact) mass is 212 g/mol. The number of hydrogen-bond acceptors (Lipinski definition) is 2. The maximum atomic E-state index is 11.8. The molecule has 2 amide bonds. The summed E-state index contributed by atoms with van der Waals surface area (Å²) in [6, 6.07) is 0.282. The Morgan fingerprint density at radius 2 is 2.20 bits per heavy atom. The van der Waals surface area contributed by atoms with Gasteiger partial charge in [-0.15, -0.1) is 0 Å². The van der Waals surface area contributed by atoms with Crippen LogP contribution in [0.2, 0.25) is 0 Å². The summed E-state index contributed by atoms with van der Waals surface area (Å²) >= 11 is 0. The van der Waals surface area contributed by atoms with Crippen molar-refractivity contribution in [2.45, 2.75) is 45.2 Å². The van der Waals surface area contributed by atoms with Crippen LogP contribution in [0, 0.1) is 5.41 Å². The highest BCUT2D eigenvalue weighted by Gasteiger charge is 2.24. The van der Waals surface area contributed by atoms with E-state index in [1.54, 1.807) is 4.90 Å². The Labute approximate surface area is 90.5 Å². The minimum absolute atomic E-state index is 0.0208. The standard InChI is InChI=1S/C10H20N4O/c1-7(2)14(6-9(11)12)10(15)13-8-4-3-5-8/h7-8H,3-6H2,1-2H3,(H3,11,12)(H,13,15). The first-order chi connectivity index (χ1) is 7.00. The molecule has 0 aromatic heterocycles. The normalized spacial score (nSPS) is 15.9. The minimum atomic E-state index is -0.107. The molecule has 1 rings (SSSR count). The molecule has 0 spiro atoms. The predicted molar refractivity (Wildman–Crippen MR) is 59.9 cm³/mol. The lowest BCUT2D eigenvalue weighted by atomic mass is 9.93. The maximum Gasteiger partial charge on any atom is 0.318 e. The fourth-order valence-electron chi connectivity index (χ4n) is 1.48. The number of carbonyl (C=O) groups excluding carboxylic acids is 1. The molecule has 0 saturated heterocycles. The van der Waals surface area contributed by atoms with Crippen molar-refractivity contribution in [3.05, 3.63) is 0 Å². The summed E-state index contributed by atoms with van der Waals surface area (Å²) in [4.78, 5) is 13.4. The van der Waals surface area contributed by atoms with E-state index in [0.29, 0.717) is 6.04 Å². The van der Waals surface area contributed by atoms with Crippen molar-refractivity contribution in [1.29, 1.82) is 5.41 Å². The van der Waals surface area contributed by atoms with Gasteiger partial charge in [-0.25, -0.2) is 4.79 Å². The summed E-state index contributed by atoms with van der Waals surface area (Å²) in [6.07, 6.45) is 3.33. The molecule has 15 heavy (non-hydrogen) atoms. The van der Waals surface area contributed by atoms with E-state index in [2.05, 4.69) is 5.32 Å². The van der Waals surface area contributed by atoms with Gasteiger partial charge in [-0.1, -0.05) is 0 Å². The van der Waals surface area contributed by atoms with Crippen molar-refractivity contribution in [1.82, 2.24) is 10.2 Å². The number of nitrogens with zero attached hydrogens (tertiary/aromatic N) is 1. The summed E-state index contributed by atoms with van der Waals surface area (Å²) in [5, 5.41) is 10.1. The van der Waals surface area contributed by atoms with E-state index in [1.165, 1.54) is 6.42 Å². The molecule has 1 saturated carbocycles.